The van der Waals surface area contributed by atoms with E-state index in [0.29, 0.717) is 24.1 Å². The number of fused-ring (bicyclic) bond motifs is 1. The molecule has 2 aromatic rings. The van der Waals surface area contributed by atoms with Gasteiger partial charge in [-0.1, -0.05) is 11.6 Å². The lowest BCUT2D eigenvalue weighted by Gasteiger charge is -2.39. The molecule has 0 unspecified atom stereocenters. The fourth-order valence-corrected chi connectivity index (χ4v) is 4.14. The molecule has 4 rings (SSSR count). The Balaban J connectivity index is 1.46. The highest BCUT2D eigenvalue weighted by molar-refractivity contribution is 6.34. The molecular weight excluding hydrogens is 440 g/mol. The van der Waals surface area contributed by atoms with E-state index in [-0.39, 0.29) is 67.0 Å². The molecule has 2 aromatic carbocycles. The van der Waals surface area contributed by atoms with Crippen LogP contribution in [0.5, 0.6) is 5.75 Å². The van der Waals surface area contributed by atoms with E-state index in [9.17, 15) is 27.5 Å². The number of anilines is 2. The number of carbonyl (C=O) groups excluding carboxylic acids is 1. The second kappa shape index (κ2) is 8.20. The predicted molar refractivity (Wildman–Crippen MR) is 107 cm³/mol. The average molecular weight is 459 g/mol. The molecule has 2 aliphatic rings. The summed E-state index contributed by atoms with van der Waals surface area (Å²) < 4.78 is 61.1. The fourth-order valence-electron chi connectivity index (χ4n) is 3.93. The first kappa shape index (κ1) is 21.7. The van der Waals surface area contributed by atoms with Gasteiger partial charge in [-0.05, 0) is 19.3 Å². The minimum Gasteiger partial charge on any atom is -0.490 e. The summed E-state index contributed by atoms with van der Waals surface area (Å²) in [7, 11) is 0. The van der Waals surface area contributed by atoms with Crippen molar-refractivity contribution in [1.29, 1.82) is 0 Å². The van der Waals surface area contributed by atoms with Crippen LogP contribution < -0.4 is 15.0 Å². The van der Waals surface area contributed by atoms with Crippen molar-refractivity contribution in [2.75, 3.05) is 29.9 Å². The summed E-state index contributed by atoms with van der Waals surface area (Å²) in [6.07, 6.45) is 0.752. The number of amides is 1. The lowest BCUT2D eigenvalue weighted by molar-refractivity contribution is -0.116. The molecule has 10 heteroatoms. The zero-order valence-corrected chi connectivity index (χ0v) is 17.0. The lowest BCUT2D eigenvalue weighted by Crippen LogP contribution is -2.48. The quantitative estimate of drug-likeness (QED) is 0.674. The van der Waals surface area contributed by atoms with Gasteiger partial charge in [-0.2, -0.15) is 0 Å². The van der Waals surface area contributed by atoms with Crippen molar-refractivity contribution in [3.63, 3.8) is 0 Å². The molecule has 0 bridgehead atoms. The molecule has 31 heavy (non-hydrogen) atoms. The molecule has 1 saturated heterocycles. The molecule has 1 fully saturated rings. The summed E-state index contributed by atoms with van der Waals surface area (Å²) in [5.41, 5.74) is -0.946. The Labute approximate surface area is 180 Å². The molecular formula is C21H19ClF4N2O3. The number of rotatable bonds is 4. The van der Waals surface area contributed by atoms with E-state index >= 15 is 0 Å². The lowest BCUT2D eigenvalue weighted by atomic mass is 9.92. The average Bonchev–Trinajstić information content (AvgIpc) is 2.70. The third-order valence-electron chi connectivity index (χ3n) is 5.64. The fraction of sp³-hybridized carbons (Fsp3) is 0.381. The van der Waals surface area contributed by atoms with Gasteiger partial charge in [-0.25, -0.2) is 17.6 Å². The summed E-state index contributed by atoms with van der Waals surface area (Å²) >= 11 is 5.95. The Morgan fingerprint density at radius 2 is 1.71 bits per heavy atom. The van der Waals surface area contributed by atoms with Gasteiger partial charge in [0.05, 0.1) is 5.69 Å². The van der Waals surface area contributed by atoms with E-state index < -0.39 is 28.9 Å². The first-order valence-corrected chi connectivity index (χ1v) is 10.1. The van der Waals surface area contributed by atoms with Crippen LogP contribution in [0.25, 0.3) is 0 Å². The Morgan fingerprint density at radius 3 is 2.35 bits per heavy atom. The number of benzene rings is 2. The number of hydrogen-bond donors (Lipinski definition) is 2. The van der Waals surface area contributed by atoms with E-state index in [1.807, 2.05) is 0 Å². The van der Waals surface area contributed by atoms with Crippen LogP contribution in [0.2, 0.25) is 5.02 Å². The Hall–Kier alpha value is -2.52. The van der Waals surface area contributed by atoms with Gasteiger partial charge in [0.2, 0.25) is 5.91 Å². The van der Waals surface area contributed by atoms with Gasteiger partial charge >= 0.3 is 0 Å². The number of carbonyl (C=O) groups is 1. The van der Waals surface area contributed by atoms with Crippen LogP contribution in [0.1, 0.15) is 24.8 Å². The van der Waals surface area contributed by atoms with Crippen molar-refractivity contribution < 1.29 is 32.2 Å². The van der Waals surface area contributed by atoms with Crippen LogP contribution in [0, 0.1) is 23.3 Å². The maximum atomic E-state index is 14.2. The Kier molecular flexibility index (Phi) is 5.74. The highest BCUT2D eigenvalue weighted by Crippen LogP contribution is 2.40. The van der Waals surface area contributed by atoms with Gasteiger partial charge < -0.3 is 20.1 Å². The summed E-state index contributed by atoms with van der Waals surface area (Å²) in [5.74, 6) is -3.90. The van der Waals surface area contributed by atoms with Gasteiger partial charge in [-0.3, -0.25) is 4.79 Å². The zero-order valence-electron chi connectivity index (χ0n) is 16.3. The standard InChI is InChI=1S/C21H19ClF4N2O3/c22-18-13(24)9-16(12-1-2-17(29)27-19(12)18)31-10-21(30)3-5-28(6-4-21)20-14(25)7-11(23)8-15(20)26/h7-9,30H,1-6,10H2,(H,27,29). The molecule has 0 saturated carbocycles. The van der Waals surface area contributed by atoms with Crippen molar-refractivity contribution in [3.05, 3.63) is 52.1 Å². The number of ether oxygens (including phenoxy) is 1. The van der Waals surface area contributed by atoms with Gasteiger partial charge in [0.15, 0.2) is 11.6 Å². The van der Waals surface area contributed by atoms with Gasteiger partial charge in [0, 0.05) is 43.3 Å². The molecule has 0 aliphatic carbocycles. The van der Waals surface area contributed by atoms with Crippen LogP contribution >= 0.6 is 11.6 Å². The van der Waals surface area contributed by atoms with E-state index in [1.54, 1.807) is 0 Å². The smallest absolute Gasteiger partial charge is 0.224 e. The predicted octanol–water partition coefficient (Wildman–Crippen LogP) is 4.19. The van der Waals surface area contributed by atoms with Gasteiger partial charge in [0.25, 0.3) is 0 Å². The topological polar surface area (TPSA) is 61.8 Å². The van der Waals surface area contributed by atoms with E-state index in [1.165, 1.54) is 4.90 Å². The maximum absolute atomic E-state index is 14.2. The number of nitrogens with zero attached hydrogens (tertiary/aromatic N) is 1. The van der Waals surface area contributed by atoms with Crippen LogP contribution in [-0.2, 0) is 11.2 Å². The van der Waals surface area contributed by atoms with Crippen LogP contribution in [-0.4, -0.2) is 36.3 Å². The van der Waals surface area contributed by atoms with E-state index in [2.05, 4.69) is 5.32 Å². The highest BCUT2D eigenvalue weighted by atomic mass is 35.5. The zero-order chi connectivity index (χ0) is 22.3. The molecule has 166 valence electrons. The number of nitrogens with one attached hydrogen (secondary N) is 1. The number of hydrogen-bond acceptors (Lipinski definition) is 4. The second-order valence-electron chi connectivity index (χ2n) is 7.79. The summed E-state index contributed by atoms with van der Waals surface area (Å²) in [6, 6.07) is 2.33. The normalized spacial score (nSPS) is 17.9. The number of aliphatic hydroxyl groups is 1. The van der Waals surface area contributed by atoms with Crippen molar-refractivity contribution in [1.82, 2.24) is 0 Å². The SMILES string of the molecule is O=C1CCc2c(OCC3(O)CCN(c4c(F)cc(F)cc4F)CC3)cc(F)c(Cl)c2N1. The van der Waals surface area contributed by atoms with Crippen LogP contribution in [0.4, 0.5) is 28.9 Å². The molecule has 0 aromatic heterocycles. The van der Waals surface area contributed by atoms with Crippen LogP contribution in [0.3, 0.4) is 0 Å². The summed E-state index contributed by atoms with van der Waals surface area (Å²) in [4.78, 5) is 13.0. The maximum Gasteiger partial charge on any atom is 0.224 e. The van der Waals surface area contributed by atoms with Crippen molar-refractivity contribution >= 4 is 28.9 Å². The molecule has 0 radical (unpaired) electrons. The van der Waals surface area contributed by atoms with E-state index in [0.717, 1.165) is 6.07 Å². The third-order valence-corrected chi connectivity index (χ3v) is 6.01. The largest absolute Gasteiger partial charge is 0.490 e. The van der Waals surface area contributed by atoms with Crippen molar-refractivity contribution in [3.8, 4) is 5.75 Å². The summed E-state index contributed by atoms with van der Waals surface area (Å²) in [5, 5.41) is 13.2. The molecule has 2 aliphatic heterocycles. The van der Waals surface area contributed by atoms with E-state index in [4.69, 9.17) is 16.3 Å². The summed E-state index contributed by atoms with van der Waals surface area (Å²) in [6.45, 7) is 0.0433. The van der Waals surface area contributed by atoms with Gasteiger partial charge in [-0.15, -0.1) is 0 Å². The van der Waals surface area contributed by atoms with Crippen molar-refractivity contribution in [2.45, 2.75) is 31.3 Å². The van der Waals surface area contributed by atoms with Crippen LogP contribution in [0.15, 0.2) is 18.2 Å². The monoisotopic (exact) mass is 458 g/mol. The molecule has 2 heterocycles. The highest BCUT2D eigenvalue weighted by Gasteiger charge is 2.35. The number of piperidine rings is 1. The minimum atomic E-state index is -1.32. The molecule has 0 atom stereocenters. The van der Waals surface area contributed by atoms with Crippen molar-refractivity contribution in [2.24, 2.45) is 0 Å². The number of halogens is 5. The molecule has 2 N–H and O–H groups in total. The third kappa shape index (κ3) is 4.29. The van der Waals surface area contributed by atoms with Gasteiger partial charge in [0.1, 0.15) is 40.3 Å². The minimum absolute atomic E-state index is 0.114. The molecule has 1 amide bonds. The molecule has 5 nitrogen and oxygen atoms in total. The molecule has 0 spiro atoms. The second-order valence-corrected chi connectivity index (χ2v) is 8.17. The Morgan fingerprint density at radius 1 is 1.06 bits per heavy atom. The Bertz CT molecular complexity index is 1020. The first-order chi connectivity index (χ1) is 14.7. The first-order valence-electron chi connectivity index (χ1n) is 9.72.